The second-order valence-corrected chi connectivity index (χ2v) is 14.2. The number of amides is 2. The number of pyridine rings is 1. The van der Waals surface area contributed by atoms with Crippen LogP contribution in [0.2, 0.25) is 0 Å². The van der Waals surface area contributed by atoms with Crippen molar-refractivity contribution in [3.05, 3.63) is 113 Å². The SMILES string of the molecule is Nc1nc(C(=NOCC(=O)O)C(=O)NC2C(=O)N3CC(SC=Cc4cccnc4)(C(=O)OC(c4ccccc4)c4ccccc4)CS[C@H]23)ns1. The summed E-state index contributed by atoms with van der Waals surface area (Å²) in [5.41, 5.74) is 7.65. The molecule has 2 aromatic heterocycles. The van der Waals surface area contributed by atoms with Gasteiger partial charge >= 0.3 is 11.9 Å². The predicted molar refractivity (Wildman–Crippen MR) is 189 cm³/mol. The summed E-state index contributed by atoms with van der Waals surface area (Å²) in [6, 6.07) is 21.6. The van der Waals surface area contributed by atoms with E-state index in [9.17, 15) is 19.2 Å². The number of β-lactam (4-membered cyclic amide) rings is 1. The highest BCUT2D eigenvalue weighted by Gasteiger charge is 2.58. The van der Waals surface area contributed by atoms with Crippen molar-refractivity contribution in [2.24, 2.45) is 5.16 Å². The number of aliphatic carboxylic acids is 1. The zero-order valence-electron chi connectivity index (χ0n) is 26.0. The van der Waals surface area contributed by atoms with E-state index in [1.54, 1.807) is 23.9 Å². The van der Waals surface area contributed by atoms with Crippen LogP contribution in [0.15, 0.2) is 95.8 Å². The molecule has 0 radical (unpaired) electrons. The number of aromatic nitrogens is 3. The molecule has 6 rings (SSSR count). The van der Waals surface area contributed by atoms with Crippen molar-refractivity contribution in [3.8, 4) is 0 Å². The number of carboxylic acid groups (broad SMARTS) is 1. The summed E-state index contributed by atoms with van der Waals surface area (Å²) in [5, 5.41) is 16.5. The van der Waals surface area contributed by atoms with Gasteiger partial charge in [-0.3, -0.25) is 19.4 Å². The molecule has 256 valence electrons. The number of nitrogen functional groups attached to an aromatic ring is 1. The lowest BCUT2D eigenvalue weighted by atomic mass is 10.00. The van der Waals surface area contributed by atoms with E-state index in [2.05, 4.69) is 24.8 Å². The van der Waals surface area contributed by atoms with Gasteiger partial charge in [0.05, 0.1) is 0 Å². The Morgan fingerprint density at radius 3 is 2.46 bits per heavy atom. The molecule has 4 heterocycles. The maximum atomic E-state index is 14.4. The number of fused-ring (bicyclic) bond motifs is 1. The van der Waals surface area contributed by atoms with E-state index in [0.29, 0.717) is 0 Å². The van der Waals surface area contributed by atoms with E-state index in [1.807, 2.05) is 72.8 Å². The highest BCUT2D eigenvalue weighted by Crippen LogP contribution is 2.46. The molecule has 2 aliphatic heterocycles. The molecule has 14 nitrogen and oxygen atoms in total. The van der Waals surface area contributed by atoms with Crippen LogP contribution in [0.1, 0.15) is 28.6 Å². The molecule has 0 bridgehead atoms. The Hall–Kier alpha value is -5.26. The molecule has 2 saturated heterocycles. The molecule has 0 aliphatic carbocycles. The van der Waals surface area contributed by atoms with E-state index in [-0.39, 0.29) is 23.3 Å². The molecule has 2 fully saturated rings. The monoisotopic (exact) mass is 731 g/mol. The van der Waals surface area contributed by atoms with Crippen LogP contribution in [0.5, 0.6) is 0 Å². The molecule has 17 heteroatoms. The van der Waals surface area contributed by atoms with Gasteiger partial charge in [0.15, 0.2) is 11.2 Å². The summed E-state index contributed by atoms with van der Waals surface area (Å²) >= 11 is 3.39. The van der Waals surface area contributed by atoms with Crippen LogP contribution in [-0.2, 0) is 28.8 Å². The fraction of sp³-hybridized carbons (Fsp3) is 0.212. The van der Waals surface area contributed by atoms with E-state index in [1.165, 1.54) is 28.4 Å². The molecule has 3 atom stereocenters. The van der Waals surface area contributed by atoms with Crippen LogP contribution in [0.3, 0.4) is 0 Å². The molecule has 2 aromatic carbocycles. The van der Waals surface area contributed by atoms with Crippen LogP contribution < -0.4 is 11.1 Å². The third-order valence-corrected chi connectivity index (χ3v) is 11.0. The first-order valence-electron chi connectivity index (χ1n) is 15.0. The number of nitrogens with two attached hydrogens (primary N) is 1. The van der Waals surface area contributed by atoms with Gasteiger partial charge in [-0.1, -0.05) is 71.9 Å². The number of rotatable bonds is 13. The topological polar surface area (TPSA) is 199 Å². The molecule has 50 heavy (non-hydrogen) atoms. The zero-order valence-corrected chi connectivity index (χ0v) is 28.5. The van der Waals surface area contributed by atoms with Crippen molar-refractivity contribution in [1.82, 2.24) is 24.6 Å². The maximum absolute atomic E-state index is 14.4. The van der Waals surface area contributed by atoms with Crippen LogP contribution in [0, 0.1) is 0 Å². The number of oxime groups is 1. The number of carbonyl (C=O) groups excluding carboxylic acids is 3. The number of nitrogens with one attached hydrogen (secondary N) is 1. The Morgan fingerprint density at radius 1 is 1.12 bits per heavy atom. The second kappa shape index (κ2) is 15.5. The van der Waals surface area contributed by atoms with E-state index in [0.717, 1.165) is 28.2 Å². The quantitative estimate of drug-likeness (QED) is 0.0785. The average Bonchev–Trinajstić information content (AvgIpc) is 3.57. The van der Waals surface area contributed by atoms with Crippen molar-refractivity contribution in [2.75, 3.05) is 24.6 Å². The molecule has 2 amide bonds. The summed E-state index contributed by atoms with van der Waals surface area (Å²) in [6.45, 7) is -0.800. The van der Waals surface area contributed by atoms with Gasteiger partial charge in [0.2, 0.25) is 24.1 Å². The number of benzene rings is 2. The first-order chi connectivity index (χ1) is 24.2. The van der Waals surface area contributed by atoms with Crippen molar-refractivity contribution in [1.29, 1.82) is 0 Å². The van der Waals surface area contributed by atoms with Gasteiger partial charge in [-0.2, -0.15) is 9.36 Å². The lowest BCUT2D eigenvalue weighted by Crippen LogP contribution is -2.75. The molecule has 2 unspecified atom stereocenters. The van der Waals surface area contributed by atoms with Gasteiger partial charge in [0.25, 0.3) is 5.91 Å². The van der Waals surface area contributed by atoms with Crippen molar-refractivity contribution < 1.29 is 33.9 Å². The van der Waals surface area contributed by atoms with Gasteiger partial charge < -0.3 is 30.6 Å². The predicted octanol–water partition coefficient (Wildman–Crippen LogP) is 3.20. The second-order valence-electron chi connectivity index (χ2n) is 11.0. The van der Waals surface area contributed by atoms with Gasteiger partial charge in [0.1, 0.15) is 16.2 Å². The molecule has 4 aromatic rings. The fourth-order valence-electron chi connectivity index (χ4n) is 5.19. The van der Waals surface area contributed by atoms with Crippen LogP contribution in [-0.4, -0.2) is 88.9 Å². The van der Waals surface area contributed by atoms with Crippen LogP contribution in [0.4, 0.5) is 5.13 Å². The number of nitrogens with zero attached hydrogens (tertiary/aromatic N) is 5. The Morgan fingerprint density at radius 2 is 1.84 bits per heavy atom. The number of carboxylic acids is 1. The number of hydrogen-bond donors (Lipinski definition) is 3. The summed E-state index contributed by atoms with van der Waals surface area (Å²) in [7, 11) is 0. The smallest absolute Gasteiger partial charge is 0.344 e. The van der Waals surface area contributed by atoms with Gasteiger partial charge in [-0.25, -0.2) is 4.79 Å². The average molecular weight is 732 g/mol. The van der Waals surface area contributed by atoms with Crippen LogP contribution >= 0.6 is 35.1 Å². The Balaban J connectivity index is 1.22. The Bertz CT molecular complexity index is 1870. The molecule has 0 saturated carbocycles. The number of ether oxygens (including phenoxy) is 1. The van der Waals surface area contributed by atoms with E-state index in [4.69, 9.17) is 20.4 Å². The number of anilines is 1. The van der Waals surface area contributed by atoms with Crippen LogP contribution in [0.25, 0.3) is 6.08 Å². The largest absolute Gasteiger partial charge is 0.479 e. The Kier molecular flexibility index (Phi) is 10.7. The summed E-state index contributed by atoms with van der Waals surface area (Å²) in [4.78, 5) is 66.5. The van der Waals surface area contributed by atoms with Gasteiger partial charge in [-0.05, 0) is 34.2 Å². The van der Waals surface area contributed by atoms with E-state index >= 15 is 0 Å². The summed E-state index contributed by atoms with van der Waals surface area (Å²) in [6.07, 6.45) is 4.50. The van der Waals surface area contributed by atoms with Crippen molar-refractivity contribution in [3.63, 3.8) is 0 Å². The fourth-order valence-corrected chi connectivity index (χ4v) is 8.33. The van der Waals surface area contributed by atoms with E-state index < -0.39 is 58.3 Å². The number of esters is 1. The number of carbonyl (C=O) groups is 4. The minimum absolute atomic E-state index is 0.0138. The third-order valence-electron chi connectivity index (χ3n) is 7.59. The molecule has 2 aliphatic rings. The Labute approximate surface area is 298 Å². The minimum Gasteiger partial charge on any atom is -0.479 e. The zero-order chi connectivity index (χ0) is 35.1. The lowest BCUT2D eigenvalue weighted by molar-refractivity contribution is -0.155. The number of hydrogen-bond acceptors (Lipinski definition) is 14. The minimum atomic E-state index is -1.31. The van der Waals surface area contributed by atoms with Gasteiger partial charge in [-0.15, -0.1) is 23.5 Å². The highest BCUT2D eigenvalue weighted by atomic mass is 32.2. The summed E-state index contributed by atoms with van der Waals surface area (Å²) in [5.74, 6) is -3.02. The normalized spacial score (nSPS) is 20.2. The van der Waals surface area contributed by atoms with Crippen molar-refractivity contribution in [2.45, 2.75) is 22.3 Å². The first-order valence-corrected chi connectivity index (χ1v) is 17.7. The maximum Gasteiger partial charge on any atom is 0.344 e. The van der Waals surface area contributed by atoms with Gasteiger partial charge in [0, 0.05) is 36.2 Å². The van der Waals surface area contributed by atoms with Crippen molar-refractivity contribution >= 4 is 75.7 Å². The number of thioether (sulfide) groups is 2. The molecular formula is C33H29N7O7S3. The molecule has 4 N–H and O–H groups in total. The lowest BCUT2D eigenvalue weighted by Gasteiger charge is -2.53. The standard InChI is InChI=1S/C33H29N7O7S3/c34-32-37-27(39-50-32)24(38-46-17-23(41)42)28(43)36-25-29(44)40-18-33(19-48-30(25)40,49-15-13-20-8-7-14-35-16-20)31(45)47-26(21-9-3-1-4-10-21)22-11-5-2-6-12-22/h1-16,25-26,30H,17-19H2,(H,36,43)(H,41,42)(H2,34,37,39)/t25?,30-,33?/m1/s1. The highest BCUT2D eigenvalue weighted by molar-refractivity contribution is 8.06. The molecule has 0 spiro atoms. The first kappa shape index (κ1) is 34.6. The summed E-state index contributed by atoms with van der Waals surface area (Å²) < 4.78 is 9.08. The third kappa shape index (κ3) is 7.79. The molecular weight excluding hydrogens is 703 g/mol.